The molecule has 5 heteroatoms. The number of hydrogen-bond acceptors (Lipinski definition) is 3. The molecule has 22 heavy (non-hydrogen) atoms. The van der Waals surface area contributed by atoms with Gasteiger partial charge in [-0.2, -0.15) is 0 Å². The first kappa shape index (κ1) is 15.3. The molecule has 0 spiro atoms. The van der Waals surface area contributed by atoms with Crippen LogP contribution >= 0.6 is 11.6 Å². The lowest BCUT2D eigenvalue weighted by atomic mass is 9.95. The molecule has 0 radical (unpaired) electrons. The van der Waals surface area contributed by atoms with E-state index >= 15 is 0 Å². The average molecular weight is 321 g/mol. The standard InChI is InChI=1S/C17H18ClFN2O/c1-11-6-14(18)2-3-16(11)22-17(12-4-5-20-8-12)13-7-15(19)10-21-9-13/h2-3,6-7,9-10,12,17,20H,4-5,8H2,1H3/t12?,17-/m0/s1. The minimum absolute atomic E-state index is 0.224. The van der Waals surface area contributed by atoms with Gasteiger partial charge in [-0.3, -0.25) is 4.98 Å². The van der Waals surface area contributed by atoms with Gasteiger partial charge in [0.1, 0.15) is 17.7 Å². The lowest BCUT2D eigenvalue weighted by molar-refractivity contribution is 0.142. The first-order chi connectivity index (χ1) is 10.6. The zero-order chi connectivity index (χ0) is 15.5. The lowest BCUT2D eigenvalue weighted by Crippen LogP contribution is -2.22. The molecule has 3 rings (SSSR count). The quantitative estimate of drug-likeness (QED) is 0.927. The molecule has 2 aromatic rings. The van der Waals surface area contributed by atoms with Crippen molar-refractivity contribution < 1.29 is 9.13 Å². The van der Waals surface area contributed by atoms with Crippen LogP contribution in [-0.4, -0.2) is 18.1 Å². The zero-order valence-electron chi connectivity index (χ0n) is 12.4. The summed E-state index contributed by atoms with van der Waals surface area (Å²) >= 11 is 5.99. The van der Waals surface area contributed by atoms with Crippen LogP contribution in [0.1, 0.15) is 23.7 Å². The highest BCUT2D eigenvalue weighted by Crippen LogP contribution is 2.34. The predicted molar refractivity (Wildman–Crippen MR) is 84.7 cm³/mol. The van der Waals surface area contributed by atoms with Gasteiger partial charge in [-0.1, -0.05) is 11.6 Å². The van der Waals surface area contributed by atoms with Crippen LogP contribution in [0.2, 0.25) is 5.02 Å². The Labute approximate surface area is 134 Å². The second-order valence-corrected chi connectivity index (χ2v) is 6.07. The van der Waals surface area contributed by atoms with Gasteiger partial charge in [0, 0.05) is 29.2 Å². The summed E-state index contributed by atoms with van der Waals surface area (Å²) in [4.78, 5) is 3.96. The topological polar surface area (TPSA) is 34.1 Å². The Balaban J connectivity index is 1.91. The van der Waals surface area contributed by atoms with E-state index in [-0.39, 0.29) is 11.9 Å². The van der Waals surface area contributed by atoms with Crippen LogP contribution in [0.5, 0.6) is 5.75 Å². The van der Waals surface area contributed by atoms with Crippen molar-refractivity contribution in [1.82, 2.24) is 10.3 Å². The van der Waals surface area contributed by atoms with E-state index < -0.39 is 0 Å². The summed E-state index contributed by atoms with van der Waals surface area (Å²) < 4.78 is 19.8. The van der Waals surface area contributed by atoms with Gasteiger partial charge in [0.05, 0.1) is 6.20 Å². The van der Waals surface area contributed by atoms with Gasteiger partial charge in [0.15, 0.2) is 0 Å². The molecular weight excluding hydrogens is 303 g/mol. The number of halogens is 2. The Morgan fingerprint density at radius 2 is 2.23 bits per heavy atom. The molecule has 1 aliphatic rings. The molecule has 0 bridgehead atoms. The van der Waals surface area contributed by atoms with Crippen molar-refractivity contribution in [2.75, 3.05) is 13.1 Å². The third kappa shape index (κ3) is 3.39. The van der Waals surface area contributed by atoms with Crippen LogP contribution in [0.4, 0.5) is 4.39 Å². The molecule has 1 aromatic carbocycles. The molecule has 0 saturated carbocycles. The lowest BCUT2D eigenvalue weighted by Gasteiger charge is -2.25. The summed E-state index contributed by atoms with van der Waals surface area (Å²) in [7, 11) is 0. The minimum atomic E-state index is -0.343. The van der Waals surface area contributed by atoms with E-state index in [1.54, 1.807) is 12.3 Å². The van der Waals surface area contributed by atoms with Crippen LogP contribution < -0.4 is 10.1 Å². The van der Waals surface area contributed by atoms with Crippen molar-refractivity contribution in [1.29, 1.82) is 0 Å². The highest BCUT2D eigenvalue weighted by Gasteiger charge is 2.29. The van der Waals surface area contributed by atoms with Crippen molar-refractivity contribution in [3.63, 3.8) is 0 Å². The molecule has 1 saturated heterocycles. The van der Waals surface area contributed by atoms with Crippen molar-refractivity contribution in [3.05, 3.63) is 58.6 Å². The summed E-state index contributed by atoms with van der Waals surface area (Å²) in [6.07, 6.45) is 3.66. The number of nitrogens with zero attached hydrogens (tertiary/aromatic N) is 1. The number of aryl methyl sites for hydroxylation is 1. The van der Waals surface area contributed by atoms with E-state index in [2.05, 4.69) is 10.3 Å². The number of pyridine rings is 1. The normalized spacial score (nSPS) is 19.1. The van der Waals surface area contributed by atoms with Crippen LogP contribution in [0, 0.1) is 18.7 Å². The SMILES string of the molecule is Cc1cc(Cl)ccc1O[C@H](c1cncc(F)c1)C1CCNC1. The number of nitrogens with one attached hydrogen (secondary N) is 1. The van der Waals surface area contributed by atoms with Gasteiger partial charge >= 0.3 is 0 Å². The molecule has 1 fully saturated rings. The van der Waals surface area contributed by atoms with Crippen molar-refractivity contribution in [2.45, 2.75) is 19.4 Å². The minimum Gasteiger partial charge on any atom is -0.485 e. The third-order valence-electron chi connectivity index (χ3n) is 3.97. The highest BCUT2D eigenvalue weighted by atomic mass is 35.5. The Bertz CT molecular complexity index is 659. The second-order valence-electron chi connectivity index (χ2n) is 5.64. The maximum atomic E-state index is 13.5. The van der Waals surface area contributed by atoms with Gasteiger partial charge in [0.25, 0.3) is 0 Å². The van der Waals surface area contributed by atoms with E-state index in [1.165, 1.54) is 12.3 Å². The molecule has 116 valence electrons. The first-order valence-corrected chi connectivity index (χ1v) is 7.75. The van der Waals surface area contributed by atoms with Crippen LogP contribution in [0.25, 0.3) is 0 Å². The molecule has 1 unspecified atom stereocenters. The fourth-order valence-corrected chi connectivity index (χ4v) is 3.06. The molecule has 0 amide bonds. The van der Waals surface area contributed by atoms with Gasteiger partial charge < -0.3 is 10.1 Å². The molecule has 2 atom stereocenters. The summed E-state index contributed by atoms with van der Waals surface area (Å²) in [5, 5.41) is 4.01. The number of ether oxygens (including phenoxy) is 1. The van der Waals surface area contributed by atoms with E-state index in [0.29, 0.717) is 10.9 Å². The van der Waals surface area contributed by atoms with E-state index in [9.17, 15) is 4.39 Å². The molecule has 2 heterocycles. The van der Waals surface area contributed by atoms with Crippen molar-refractivity contribution in [2.24, 2.45) is 5.92 Å². The molecule has 1 aromatic heterocycles. The Morgan fingerprint density at radius 1 is 1.36 bits per heavy atom. The molecule has 0 aliphatic carbocycles. The number of benzene rings is 1. The Hall–Kier alpha value is -1.65. The summed E-state index contributed by atoms with van der Waals surface area (Å²) in [6.45, 7) is 3.76. The highest BCUT2D eigenvalue weighted by molar-refractivity contribution is 6.30. The van der Waals surface area contributed by atoms with Gasteiger partial charge in [0.2, 0.25) is 0 Å². The van der Waals surface area contributed by atoms with Gasteiger partial charge in [-0.05, 0) is 49.7 Å². The van der Waals surface area contributed by atoms with Crippen LogP contribution in [0.15, 0.2) is 36.7 Å². The zero-order valence-corrected chi connectivity index (χ0v) is 13.1. The maximum absolute atomic E-state index is 13.5. The van der Waals surface area contributed by atoms with Crippen molar-refractivity contribution >= 4 is 11.6 Å². The predicted octanol–water partition coefficient (Wildman–Crippen LogP) is 3.91. The fraction of sp³-hybridized carbons (Fsp3) is 0.353. The molecule has 1 aliphatic heterocycles. The van der Waals surface area contributed by atoms with Crippen molar-refractivity contribution in [3.8, 4) is 5.75 Å². The van der Waals surface area contributed by atoms with E-state index in [4.69, 9.17) is 16.3 Å². The van der Waals surface area contributed by atoms with E-state index in [1.807, 2.05) is 19.1 Å². The van der Waals surface area contributed by atoms with Crippen LogP contribution in [0.3, 0.4) is 0 Å². The third-order valence-corrected chi connectivity index (χ3v) is 4.21. The molecular formula is C17H18ClFN2O. The van der Waals surface area contributed by atoms with Gasteiger partial charge in [-0.15, -0.1) is 0 Å². The summed E-state index contributed by atoms with van der Waals surface area (Å²) in [5.41, 5.74) is 1.73. The van der Waals surface area contributed by atoms with Gasteiger partial charge in [-0.25, -0.2) is 4.39 Å². The largest absolute Gasteiger partial charge is 0.485 e. The number of rotatable bonds is 4. The number of aromatic nitrogens is 1. The maximum Gasteiger partial charge on any atom is 0.141 e. The molecule has 3 nitrogen and oxygen atoms in total. The second kappa shape index (κ2) is 6.63. The monoisotopic (exact) mass is 320 g/mol. The Morgan fingerprint density at radius 3 is 2.91 bits per heavy atom. The summed E-state index contributed by atoms with van der Waals surface area (Å²) in [6, 6.07) is 7.03. The summed E-state index contributed by atoms with van der Waals surface area (Å²) in [5.74, 6) is 0.717. The van der Waals surface area contributed by atoms with E-state index in [0.717, 1.165) is 36.4 Å². The average Bonchev–Trinajstić information content (AvgIpc) is 3.00. The number of hydrogen-bond donors (Lipinski definition) is 1. The Kier molecular flexibility index (Phi) is 4.60. The molecule has 1 N–H and O–H groups in total. The fourth-order valence-electron chi connectivity index (χ4n) is 2.84. The van der Waals surface area contributed by atoms with Crippen LogP contribution in [-0.2, 0) is 0 Å². The smallest absolute Gasteiger partial charge is 0.141 e. The first-order valence-electron chi connectivity index (χ1n) is 7.37.